The minimum atomic E-state index is -0.0755. The van der Waals surface area contributed by atoms with Crippen LogP contribution in [0.3, 0.4) is 0 Å². The third kappa shape index (κ3) is 5.27. The van der Waals surface area contributed by atoms with E-state index in [1.54, 1.807) is 6.20 Å². The van der Waals surface area contributed by atoms with Crippen LogP contribution in [0.5, 0.6) is 0 Å². The fraction of sp³-hybridized carbons (Fsp3) is 0.353. The highest BCUT2D eigenvalue weighted by Crippen LogP contribution is 2.16. The van der Waals surface area contributed by atoms with Gasteiger partial charge in [0.05, 0.1) is 25.1 Å². The van der Waals surface area contributed by atoms with Gasteiger partial charge >= 0.3 is 0 Å². The normalized spacial score (nSPS) is 14.2. The molecule has 0 radical (unpaired) electrons. The zero-order valence-corrected chi connectivity index (χ0v) is 15.9. The molecule has 1 aliphatic heterocycles. The van der Waals surface area contributed by atoms with Gasteiger partial charge in [0.2, 0.25) is 0 Å². The molecule has 1 aromatic carbocycles. The van der Waals surface area contributed by atoms with Crippen LogP contribution >= 0.6 is 22.6 Å². The first kappa shape index (κ1) is 17.9. The van der Waals surface area contributed by atoms with Gasteiger partial charge in [0.1, 0.15) is 0 Å². The Morgan fingerprint density at radius 2 is 2.08 bits per heavy atom. The van der Waals surface area contributed by atoms with Gasteiger partial charge in [-0.15, -0.1) is 5.10 Å². The van der Waals surface area contributed by atoms with Crippen molar-refractivity contribution < 1.29 is 9.53 Å². The Balaban J connectivity index is 1.46. The zero-order valence-electron chi connectivity index (χ0n) is 13.7. The Labute approximate surface area is 160 Å². The molecule has 1 saturated heterocycles. The van der Waals surface area contributed by atoms with Gasteiger partial charge in [0, 0.05) is 41.4 Å². The molecule has 0 bridgehead atoms. The number of rotatable bonds is 6. The van der Waals surface area contributed by atoms with Gasteiger partial charge in [-0.1, -0.05) is 6.07 Å². The Kier molecular flexibility index (Phi) is 6.40. The summed E-state index contributed by atoms with van der Waals surface area (Å²) in [5, 5.41) is 14.2. The van der Waals surface area contributed by atoms with Crippen LogP contribution in [-0.2, 0) is 4.74 Å². The molecule has 0 spiro atoms. The van der Waals surface area contributed by atoms with Crippen molar-refractivity contribution in [2.24, 2.45) is 0 Å². The number of hydrogen-bond acceptors (Lipinski definition) is 6. The molecule has 1 aliphatic rings. The highest BCUT2D eigenvalue weighted by atomic mass is 127. The highest BCUT2D eigenvalue weighted by Gasteiger charge is 2.12. The number of ether oxygens (including phenoxy) is 1. The maximum Gasteiger partial charge on any atom is 0.251 e. The van der Waals surface area contributed by atoms with Gasteiger partial charge < -0.3 is 20.3 Å². The smallest absolute Gasteiger partial charge is 0.251 e. The summed E-state index contributed by atoms with van der Waals surface area (Å²) in [6.07, 6.45) is 1.76. The second-order valence-corrected chi connectivity index (χ2v) is 6.84. The molecule has 2 heterocycles. The number of carbonyl (C=O) groups excluding carboxylic acids is 1. The molecule has 8 heteroatoms. The Hall–Kier alpha value is -1.94. The van der Waals surface area contributed by atoms with Crippen LogP contribution in [0.2, 0.25) is 0 Å². The van der Waals surface area contributed by atoms with Crippen molar-refractivity contribution in [2.45, 2.75) is 0 Å². The molecule has 2 aromatic rings. The fourth-order valence-corrected chi connectivity index (χ4v) is 3.08. The Morgan fingerprint density at radius 1 is 1.24 bits per heavy atom. The number of hydrogen-bond donors (Lipinski definition) is 2. The lowest BCUT2D eigenvalue weighted by Gasteiger charge is -2.28. The van der Waals surface area contributed by atoms with Crippen LogP contribution in [0.25, 0.3) is 0 Å². The summed E-state index contributed by atoms with van der Waals surface area (Å²) in [4.78, 5) is 14.3. The summed E-state index contributed by atoms with van der Waals surface area (Å²) in [5.74, 6) is 0.626. The van der Waals surface area contributed by atoms with Crippen molar-refractivity contribution in [1.82, 2.24) is 15.5 Å². The van der Waals surface area contributed by atoms with Crippen LogP contribution in [0, 0.1) is 3.57 Å². The van der Waals surface area contributed by atoms with Crippen LogP contribution < -0.4 is 15.5 Å². The molecule has 0 saturated carbocycles. The monoisotopic (exact) mass is 453 g/mol. The first-order valence-corrected chi connectivity index (χ1v) is 9.23. The van der Waals surface area contributed by atoms with Crippen molar-refractivity contribution in [3.05, 3.63) is 45.7 Å². The van der Waals surface area contributed by atoms with Crippen molar-refractivity contribution >= 4 is 40.0 Å². The van der Waals surface area contributed by atoms with E-state index in [1.165, 1.54) is 0 Å². The molecule has 0 aliphatic carbocycles. The summed E-state index contributed by atoms with van der Waals surface area (Å²) < 4.78 is 6.40. The minimum Gasteiger partial charge on any atom is -0.378 e. The summed E-state index contributed by atoms with van der Waals surface area (Å²) >= 11 is 2.19. The third-order valence-electron chi connectivity index (χ3n) is 3.82. The van der Waals surface area contributed by atoms with Crippen molar-refractivity contribution in [2.75, 3.05) is 49.6 Å². The summed E-state index contributed by atoms with van der Waals surface area (Å²) in [5.41, 5.74) is 1.70. The number of anilines is 2. The molecule has 2 N–H and O–H groups in total. The van der Waals surface area contributed by atoms with Gasteiger partial charge in [0.25, 0.3) is 5.91 Å². The molecular weight excluding hydrogens is 433 g/mol. The van der Waals surface area contributed by atoms with Gasteiger partial charge in [-0.05, 0) is 40.8 Å². The van der Waals surface area contributed by atoms with Crippen LogP contribution in [-0.4, -0.2) is 55.5 Å². The molecular formula is C17H20IN5O2. The SMILES string of the molecule is O=C(NCCNc1cc(N2CCOCC2)cnn1)c1cccc(I)c1. The summed E-state index contributed by atoms with van der Waals surface area (Å²) in [6.45, 7) is 4.27. The molecule has 1 amide bonds. The van der Waals surface area contributed by atoms with Gasteiger partial charge in [0.15, 0.2) is 5.82 Å². The topological polar surface area (TPSA) is 79.4 Å². The van der Waals surface area contributed by atoms with E-state index in [2.05, 4.69) is 48.3 Å². The highest BCUT2D eigenvalue weighted by molar-refractivity contribution is 14.1. The molecule has 3 rings (SSSR count). The largest absolute Gasteiger partial charge is 0.378 e. The zero-order chi connectivity index (χ0) is 17.5. The molecule has 1 aromatic heterocycles. The number of carbonyl (C=O) groups is 1. The number of nitrogens with one attached hydrogen (secondary N) is 2. The molecule has 7 nitrogen and oxygen atoms in total. The number of benzene rings is 1. The van der Waals surface area contributed by atoms with Crippen molar-refractivity contribution in [1.29, 1.82) is 0 Å². The summed E-state index contributed by atoms with van der Waals surface area (Å²) in [7, 11) is 0. The lowest BCUT2D eigenvalue weighted by atomic mass is 10.2. The van der Waals surface area contributed by atoms with Crippen molar-refractivity contribution in [3.63, 3.8) is 0 Å². The molecule has 132 valence electrons. The molecule has 25 heavy (non-hydrogen) atoms. The molecule has 0 unspecified atom stereocenters. The van der Waals surface area contributed by atoms with E-state index >= 15 is 0 Å². The maximum atomic E-state index is 12.1. The molecule has 0 atom stereocenters. The number of amides is 1. The van der Waals surface area contributed by atoms with E-state index in [0.29, 0.717) is 24.5 Å². The van der Waals surface area contributed by atoms with Gasteiger partial charge in [-0.3, -0.25) is 4.79 Å². The number of halogens is 1. The first-order chi connectivity index (χ1) is 12.2. The van der Waals surface area contributed by atoms with Crippen LogP contribution in [0.15, 0.2) is 36.5 Å². The van der Waals surface area contributed by atoms with E-state index in [4.69, 9.17) is 4.74 Å². The lowest BCUT2D eigenvalue weighted by molar-refractivity contribution is 0.0955. The number of nitrogens with zero attached hydrogens (tertiary/aromatic N) is 3. The second-order valence-electron chi connectivity index (χ2n) is 5.59. The lowest BCUT2D eigenvalue weighted by Crippen LogP contribution is -2.36. The third-order valence-corrected chi connectivity index (χ3v) is 4.49. The van der Waals surface area contributed by atoms with Gasteiger partial charge in [-0.2, -0.15) is 5.10 Å². The minimum absolute atomic E-state index is 0.0755. The van der Waals surface area contributed by atoms with Gasteiger partial charge in [-0.25, -0.2) is 0 Å². The quantitative estimate of drug-likeness (QED) is 0.513. The van der Waals surface area contributed by atoms with E-state index in [0.717, 1.165) is 35.6 Å². The summed E-state index contributed by atoms with van der Waals surface area (Å²) in [6, 6.07) is 9.48. The number of morpholine rings is 1. The Morgan fingerprint density at radius 3 is 2.88 bits per heavy atom. The maximum absolute atomic E-state index is 12.1. The van der Waals surface area contributed by atoms with Crippen LogP contribution in [0.4, 0.5) is 11.5 Å². The van der Waals surface area contributed by atoms with E-state index in [9.17, 15) is 4.79 Å². The molecule has 1 fully saturated rings. The van der Waals surface area contributed by atoms with E-state index in [1.807, 2.05) is 30.3 Å². The fourth-order valence-electron chi connectivity index (χ4n) is 2.54. The predicted molar refractivity (Wildman–Crippen MR) is 105 cm³/mol. The number of aromatic nitrogens is 2. The van der Waals surface area contributed by atoms with E-state index in [-0.39, 0.29) is 5.91 Å². The predicted octanol–water partition coefficient (Wildman–Crippen LogP) is 1.76. The second kappa shape index (κ2) is 8.95. The van der Waals surface area contributed by atoms with Crippen molar-refractivity contribution in [3.8, 4) is 0 Å². The first-order valence-electron chi connectivity index (χ1n) is 8.15. The van der Waals surface area contributed by atoms with E-state index < -0.39 is 0 Å². The van der Waals surface area contributed by atoms with Crippen LogP contribution in [0.1, 0.15) is 10.4 Å². The average Bonchev–Trinajstić information content (AvgIpc) is 2.66. The average molecular weight is 453 g/mol. The Bertz CT molecular complexity index is 722. The standard InChI is InChI=1S/C17H20IN5O2/c18-14-3-1-2-13(10-14)17(24)20-5-4-19-16-11-15(12-21-22-16)23-6-8-25-9-7-23/h1-3,10-12H,4-9H2,(H,19,22)(H,20,24).